The van der Waals surface area contributed by atoms with Crippen molar-refractivity contribution in [2.24, 2.45) is 5.92 Å². The summed E-state index contributed by atoms with van der Waals surface area (Å²) in [5.74, 6) is 0.493. The minimum absolute atomic E-state index is 0.139. The predicted molar refractivity (Wildman–Crippen MR) is 76.0 cm³/mol. The molecule has 0 fully saturated rings. The third kappa shape index (κ3) is 2.31. The molecule has 1 unspecified atom stereocenters. The lowest BCUT2D eigenvalue weighted by Crippen LogP contribution is -2.15. The van der Waals surface area contributed by atoms with E-state index in [1.165, 1.54) is 17.3 Å². The molecule has 3 N–H and O–H groups in total. The van der Waals surface area contributed by atoms with Crippen LogP contribution in [-0.2, 0) is 12.8 Å². The average Bonchev–Trinajstić information content (AvgIpc) is 2.84. The van der Waals surface area contributed by atoms with Crippen molar-refractivity contribution in [1.29, 1.82) is 0 Å². The van der Waals surface area contributed by atoms with Crippen LogP contribution in [0.3, 0.4) is 0 Å². The molecule has 1 aromatic heterocycles. The van der Waals surface area contributed by atoms with E-state index in [2.05, 4.69) is 17.1 Å². The number of hydrogen-bond donors (Lipinski definition) is 2. The number of aliphatic hydroxyl groups excluding tert-OH is 1. The van der Waals surface area contributed by atoms with E-state index in [4.69, 9.17) is 17.3 Å². The van der Waals surface area contributed by atoms with E-state index in [1.807, 2.05) is 12.1 Å². The van der Waals surface area contributed by atoms with Gasteiger partial charge in [0, 0.05) is 11.8 Å². The number of nitrogens with two attached hydrogens (primary N) is 1. The first-order valence-electron chi connectivity index (χ1n) is 6.31. The van der Waals surface area contributed by atoms with Gasteiger partial charge in [0.25, 0.3) is 0 Å². The van der Waals surface area contributed by atoms with Crippen LogP contribution in [0.15, 0.2) is 36.5 Å². The second kappa shape index (κ2) is 4.83. The van der Waals surface area contributed by atoms with Gasteiger partial charge in [-0.05, 0) is 36.0 Å². The maximum Gasteiger partial charge on any atom is 0.129 e. The summed E-state index contributed by atoms with van der Waals surface area (Å²) in [5.41, 5.74) is 9.07. The smallest absolute Gasteiger partial charge is 0.129 e. The highest BCUT2D eigenvalue weighted by Gasteiger charge is 2.29. The van der Waals surface area contributed by atoms with Crippen molar-refractivity contribution >= 4 is 17.4 Å². The highest BCUT2D eigenvalue weighted by Crippen LogP contribution is 2.37. The average molecular weight is 275 g/mol. The molecule has 98 valence electrons. The Kier molecular flexibility index (Phi) is 3.17. The van der Waals surface area contributed by atoms with Crippen molar-refractivity contribution in [2.75, 3.05) is 5.73 Å². The summed E-state index contributed by atoms with van der Waals surface area (Å²) in [7, 11) is 0. The molecule has 0 bridgehead atoms. The van der Waals surface area contributed by atoms with Gasteiger partial charge in [-0.1, -0.05) is 35.9 Å². The molecule has 3 rings (SSSR count). The van der Waals surface area contributed by atoms with E-state index in [1.54, 1.807) is 6.07 Å². The second-order valence-corrected chi connectivity index (χ2v) is 5.45. The van der Waals surface area contributed by atoms with Crippen LogP contribution in [-0.4, -0.2) is 10.1 Å². The lowest BCUT2D eigenvalue weighted by molar-refractivity contribution is 0.114. The first kappa shape index (κ1) is 12.5. The molecule has 1 aliphatic rings. The standard InChI is InChI=1S/C15H15ClN2O/c16-12-7-13(15(17)18-8-12)14(19)11-5-9-3-1-2-4-10(9)6-11/h1-4,7-8,11,14,19H,5-6H2,(H2,17,18). The van der Waals surface area contributed by atoms with Crippen LogP contribution in [0.25, 0.3) is 0 Å². The molecule has 1 atom stereocenters. The molecule has 3 nitrogen and oxygen atoms in total. The highest BCUT2D eigenvalue weighted by molar-refractivity contribution is 6.30. The third-order valence-corrected chi connectivity index (χ3v) is 3.97. The van der Waals surface area contributed by atoms with E-state index >= 15 is 0 Å². The van der Waals surface area contributed by atoms with Crippen molar-refractivity contribution in [1.82, 2.24) is 4.98 Å². The molecule has 0 radical (unpaired) electrons. The van der Waals surface area contributed by atoms with Crippen LogP contribution in [0.2, 0.25) is 5.02 Å². The van der Waals surface area contributed by atoms with E-state index < -0.39 is 6.10 Å². The number of hydrogen-bond acceptors (Lipinski definition) is 3. The van der Waals surface area contributed by atoms with Gasteiger partial charge < -0.3 is 10.8 Å². The Morgan fingerprint density at radius 1 is 1.26 bits per heavy atom. The molecule has 1 heterocycles. The summed E-state index contributed by atoms with van der Waals surface area (Å²) < 4.78 is 0. The Labute approximate surface area is 117 Å². The van der Waals surface area contributed by atoms with Gasteiger partial charge in [-0.25, -0.2) is 4.98 Å². The number of aromatic nitrogens is 1. The summed E-state index contributed by atoms with van der Waals surface area (Å²) in [6.45, 7) is 0. The number of pyridine rings is 1. The van der Waals surface area contributed by atoms with Crippen molar-refractivity contribution in [3.8, 4) is 0 Å². The van der Waals surface area contributed by atoms with E-state index in [-0.39, 0.29) is 5.92 Å². The Balaban J connectivity index is 1.87. The topological polar surface area (TPSA) is 59.1 Å². The van der Waals surface area contributed by atoms with Crippen LogP contribution in [0.5, 0.6) is 0 Å². The van der Waals surface area contributed by atoms with Gasteiger partial charge in [0.05, 0.1) is 11.1 Å². The van der Waals surface area contributed by atoms with Gasteiger partial charge in [-0.3, -0.25) is 0 Å². The first-order valence-corrected chi connectivity index (χ1v) is 6.68. The van der Waals surface area contributed by atoms with Gasteiger partial charge in [-0.2, -0.15) is 0 Å². The van der Waals surface area contributed by atoms with Gasteiger partial charge in [0.15, 0.2) is 0 Å². The zero-order valence-electron chi connectivity index (χ0n) is 10.4. The highest BCUT2D eigenvalue weighted by atomic mass is 35.5. The van der Waals surface area contributed by atoms with Crippen LogP contribution in [0.4, 0.5) is 5.82 Å². The van der Waals surface area contributed by atoms with Crippen molar-refractivity contribution in [3.05, 3.63) is 58.2 Å². The van der Waals surface area contributed by atoms with E-state index in [9.17, 15) is 5.11 Å². The van der Waals surface area contributed by atoms with Crippen LogP contribution in [0.1, 0.15) is 22.8 Å². The molecular weight excluding hydrogens is 260 g/mol. The largest absolute Gasteiger partial charge is 0.388 e. The summed E-state index contributed by atoms with van der Waals surface area (Å²) in [5, 5.41) is 11.0. The van der Waals surface area contributed by atoms with E-state index in [0.717, 1.165) is 12.8 Å². The monoisotopic (exact) mass is 274 g/mol. The molecule has 0 spiro atoms. The molecule has 1 aliphatic carbocycles. The Morgan fingerprint density at radius 3 is 2.53 bits per heavy atom. The van der Waals surface area contributed by atoms with Gasteiger partial charge in [-0.15, -0.1) is 0 Å². The zero-order valence-corrected chi connectivity index (χ0v) is 11.1. The quantitative estimate of drug-likeness (QED) is 0.885. The maximum absolute atomic E-state index is 10.5. The number of aliphatic hydroxyl groups is 1. The summed E-state index contributed by atoms with van der Waals surface area (Å²) >= 11 is 5.93. The Bertz CT molecular complexity index is 590. The Morgan fingerprint density at radius 2 is 1.89 bits per heavy atom. The fraction of sp³-hybridized carbons (Fsp3) is 0.267. The molecule has 1 aromatic carbocycles. The second-order valence-electron chi connectivity index (χ2n) is 5.01. The molecule has 4 heteroatoms. The van der Waals surface area contributed by atoms with Gasteiger partial charge in [0.1, 0.15) is 5.82 Å². The first-order chi connectivity index (χ1) is 9.15. The lowest BCUT2D eigenvalue weighted by Gasteiger charge is -2.19. The number of fused-ring (bicyclic) bond motifs is 1. The summed E-state index contributed by atoms with van der Waals surface area (Å²) in [6.07, 6.45) is 2.60. The third-order valence-electron chi connectivity index (χ3n) is 3.76. The zero-order chi connectivity index (χ0) is 13.4. The van der Waals surface area contributed by atoms with Crippen LogP contribution >= 0.6 is 11.6 Å². The predicted octanol–water partition coefficient (Wildman–Crippen LogP) is 2.77. The SMILES string of the molecule is Nc1ncc(Cl)cc1C(O)C1Cc2ccccc2C1. The molecular formula is C15H15ClN2O. The number of benzene rings is 1. The number of nitrogen functional groups attached to an aromatic ring is 1. The molecule has 0 saturated heterocycles. The van der Waals surface area contributed by atoms with Crippen LogP contribution in [0, 0.1) is 5.92 Å². The molecule has 19 heavy (non-hydrogen) atoms. The molecule has 0 amide bonds. The molecule has 0 aliphatic heterocycles. The van der Waals surface area contributed by atoms with Gasteiger partial charge in [0.2, 0.25) is 0 Å². The summed E-state index contributed by atoms with van der Waals surface area (Å²) in [6, 6.07) is 9.99. The lowest BCUT2D eigenvalue weighted by atomic mass is 9.93. The van der Waals surface area contributed by atoms with E-state index in [0.29, 0.717) is 16.4 Å². The van der Waals surface area contributed by atoms with Crippen LogP contribution < -0.4 is 5.73 Å². The van der Waals surface area contributed by atoms with Gasteiger partial charge >= 0.3 is 0 Å². The number of halogens is 1. The fourth-order valence-electron chi connectivity index (χ4n) is 2.77. The summed E-state index contributed by atoms with van der Waals surface area (Å²) in [4.78, 5) is 4.01. The Hall–Kier alpha value is -1.58. The minimum atomic E-state index is -0.626. The number of rotatable bonds is 2. The minimum Gasteiger partial charge on any atom is -0.388 e. The van der Waals surface area contributed by atoms with Crippen molar-refractivity contribution in [2.45, 2.75) is 18.9 Å². The fourth-order valence-corrected chi connectivity index (χ4v) is 2.94. The maximum atomic E-state index is 10.5. The normalized spacial score (nSPS) is 16.3. The van der Waals surface area contributed by atoms with Crippen molar-refractivity contribution in [3.63, 3.8) is 0 Å². The number of nitrogens with zero attached hydrogens (tertiary/aromatic N) is 1. The number of anilines is 1. The van der Waals surface area contributed by atoms with Crippen molar-refractivity contribution < 1.29 is 5.11 Å². The molecule has 0 saturated carbocycles. The molecule has 2 aromatic rings.